The van der Waals surface area contributed by atoms with Gasteiger partial charge in [0.15, 0.2) is 24.0 Å². The van der Waals surface area contributed by atoms with Crippen LogP contribution in [0, 0.1) is 0 Å². The van der Waals surface area contributed by atoms with Gasteiger partial charge in [-0.2, -0.15) is 0 Å². The van der Waals surface area contributed by atoms with Crippen LogP contribution in [0.25, 0.3) is 0 Å². The van der Waals surface area contributed by atoms with E-state index in [1.807, 2.05) is 0 Å². The predicted molar refractivity (Wildman–Crippen MR) is 131 cm³/mol. The first-order valence-corrected chi connectivity index (χ1v) is 13.6. The zero-order chi connectivity index (χ0) is 28.4. The first kappa shape index (κ1) is 26.1. The van der Waals surface area contributed by atoms with E-state index in [0.717, 1.165) is 0 Å². The highest BCUT2D eigenvalue weighted by atomic mass is 16.7. The number of fused-ring (bicyclic) bond motifs is 6. The number of phenolic OH excluding ortho intramolecular Hbond substituents is 2. The summed E-state index contributed by atoms with van der Waals surface area (Å²) in [6.45, 7) is 4.88. The van der Waals surface area contributed by atoms with Gasteiger partial charge in [0, 0.05) is 35.1 Å². The lowest BCUT2D eigenvalue weighted by Crippen LogP contribution is -2.67. The highest BCUT2D eigenvalue weighted by Crippen LogP contribution is 2.57. The summed E-state index contributed by atoms with van der Waals surface area (Å²) in [7, 11) is 0. The fraction of sp³-hybridized carbons (Fsp3) is 0.607. The molecule has 2 bridgehead atoms. The molecule has 12 heteroatoms. The minimum Gasteiger partial charge on any atom is -0.507 e. The van der Waals surface area contributed by atoms with Crippen molar-refractivity contribution in [3.63, 3.8) is 0 Å². The van der Waals surface area contributed by atoms with Crippen molar-refractivity contribution in [1.82, 2.24) is 0 Å². The van der Waals surface area contributed by atoms with Crippen molar-refractivity contribution in [3.8, 4) is 11.5 Å². The molecule has 0 aromatic heterocycles. The number of aliphatic hydroxyl groups is 2. The van der Waals surface area contributed by atoms with Gasteiger partial charge in [0.25, 0.3) is 0 Å². The van der Waals surface area contributed by atoms with Gasteiger partial charge >= 0.3 is 5.97 Å². The lowest BCUT2D eigenvalue weighted by atomic mass is 9.63. The molecule has 6 unspecified atom stereocenters. The average molecular weight is 559 g/mol. The number of benzene rings is 1. The minimum absolute atomic E-state index is 0.0374. The fourth-order valence-electron chi connectivity index (χ4n) is 7.31. The topological polar surface area (TPSA) is 178 Å². The molecule has 214 valence electrons. The Bertz CT molecular complexity index is 1400. The molecule has 7 aliphatic rings. The molecule has 5 heterocycles. The van der Waals surface area contributed by atoms with Gasteiger partial charge in [-0.3, -0.25) is 14.4 Å². The predicted octanol–water partition coefficient (Wildman–Crippen LogP) is 1.41. The third-order valence-electron chi connectivity index (χ3n) is 9.31. The van der Waals surface area contributed by atoms with E-state index in [-0.39, 0.29) is 35.1 Å². The Morgan fingerprint density at radius 2 is 1.62 bits per heavy atom. The molecule has 8 rings (SSSR count). The molecule has 3 saturated heterocycles. The molecule has 0 saturated carbocycles. The van der Waals surface area contributed by atoms with Crippen LogP contribution < -0.4 is 0 Å². The van der Waals surface area contributed by atoms with E-state index in [2.05, 4.69) is 0 Å². The second-order valence-electron chi connectivity index (χ2n) is 11.5. The number of hydrogen-bond acceptors (Lipinski definition) is 12. The third-order valence-corrected chi connectivity index (χ3v) is 9.31. The molecular weight excluding hydrogens is 528 g/mol. The number of esters is 1. The number of aliphatic hydroxyl groups excluding tert-OH is 1. The maximum Gasteiger partial charge on any atom is 0.309 e. The summed E-state index contributed by atoms with van der Waals surface area (Å²) in [4.78, 5) is 40.2. The van der Waals surface area contributed by atoms with Gasteiger partial charge in [-0.15, -0.1) is 0 Å². The molecule has 12 nitrogen and oxygen atoms in total. The summed E-state index contributed by atoms with van der Waals surface area (Å²) in [5.74, 6) is -3.28. The summed E-state index contributed by atoms with van der Waals surface area (Å²) in [5, 5.41) is 44.9. The van der Waals surface area contributed by atoms with Gasteiger partial charge in [0.1, 0.15) is 23.2 Å². The first-order valence-electron chi connectivity index (χ1n) is 13.6. The molecule has 5 aliphatic heterocycles. The molecule has 1 aromatic rings. The Morgan fingerprint density at radius 3 is 2.35 bits per heavy atom. The zero-order valence-corrected chi connectivity index (χ0v) is 22.1. The molecule has 3 fully saturated rings. The van der Waals surface area contributed by atoms with Crippen LogP contribution in [0.5, 0.6) is 11.5 Å². The van der Waals surface area contributed by atoms with E-state index in [0.29, 0.717) is 12.8 Å². The standard InChI is InChI=1S/C28H30O12/c1-8-11(29)4-5-16(37-8)39-14-6-12-18-22(28(14,35)10(3)38-12)26(34)20-19(24(18)32)25(33)21-17(23(20)31)9(2)36-13-7-15(30)40-27(13)21/h8-14,16,27,29,31,33,35H,4-7H2,1-3H3/t8-,9-,10?,11-,12?,13?,14?,16-,27?,28?/m0/s1. The van der Waals surface area contributed by atoms with Gasteiger partial charge in [-0.25, -0.2) is 0 Å². The lowest BCUT2D eigenvalue weighted by molar-refractivity contribution is -0.291. The van der Waals surface area contributed by atoms with E-state index in [9.17, 15) is 34.8 Å². The van der Waals surface area contributed by atoms with E-state index in [4.69, 9.17) is 23.7 Å². The molecule has 40 heavy (non-hydrogen) atoms. The molecule has 1 aromatic carbocycles. The number of carbonyl (C=O) groups is 3. The highest BCUT2D eigenvalue weighted by Gasteiger charge is 2.64. The number of rotatable bonds is 2. The Kier molecular flexibility index (Phi) is 5.58. The van der Waals surface area contributed by atoms with Crippen LogP contribution in [0.15, 0.2) is 11.1 Å². The van der Waals surface area contributed by atoms with Crippen LogP contribution >= 0.6 is 0 Å². The summed E-state index contributed by atoms with van der Waals surface area (Å²) >= 11 is 0. The number of Topliss-reactive ketones (excluding diaryl/α,β-unsaturated/α-hetero) is 2. The Labute approximate surface area is 228 Å². The number of hydrogen-bond donors (Lipinski definition) is 4. The van der Waals surface area contributed by atoms with Crippen molar-refractivity contribution >= 4 is 17.5 Å². The smallest absolute Gasteiger partial charge is 0.309 e. The maximum absolute atomic E-state index is 14.2. The molecular formula is C28H30O12. The summed E-state index contributed by atoms with van der Waals surface area (Å²) in [5.41, 5.74) is -3.18. The Balaban J connectivity index is 1.34. The Morgan fingerprint density at radius 1 is 0.925 bits per heavy atom. The van der Waals surface area contributed by atoms with E-state index >= 15 is 0 Å². The number of carbonyl (C=O) groups excluding carboxylic acids is 3. The van der Waals surface area contributed by atoms with Crippen molar-refractivity contribution in [3.05, 3.63) is 33.4 Å². The van der Waals surface area contributed by atoms with Gasteiger partial charge in [0.05, 0.1) is 54.2 Å². The van der Waals surface area contributed by atoms with Gasteiger partial charge in [-0.1, -0.05) is 0 Å². The van der Waals surface area contributed by atoms with Gasteiger partial charge in [0.2, 0.25) is 0 Å². The van der Waals surface area contributed by atoms with Crippen LogP contribution in [0.4, 0.5) is 0 Å². The molecule has 0 amide bonds. The second kappa shape index (κ2) is 8.57. The summed E-state index contributed by atoms with van der Waals surface area (Å²) in [6.07, 6.45) is -6.58. The van der Waals surface area contributed by atoms with Gasteiger partial charge in [-0.05, 0) is 27.2 Å². The number of ketones is 2. The van der Waals surface area contributed by atoms with Gasteiger partial charge < -0.3 is 44.1 Å². The normalized spacial score (nSPS) is 41.8. The highest BCUT2D eigenvalue weighted by molar-refractivity contribution is 6.30. The zero-order valence-electron chi connectivity index (χ0n) is 22.1. The van der Waals surface area contributed by atoms with Crippen LogP contribution in [0.1, 0.15) is 90.5 Å². The molecule has 4 N–H and O–H groups in total. The van der Waals surface area contributed by atoms with Crippen molar-refractivity contribution < 1.29 is 58.5 Å². The quantitative estimate of drug-likeness (QED) is 0.303. The largest absolute Gasteiger partial charge is 0.507 e. The minimum atomic E-state index is -2.07. The van der Waals surface area contributed by atoms with Crippen LogP contribution in [0.2, 0.25) is 0 Å². The molecule has 0 radical (unpaired) electrons. The van der Waals surface area contributed by atoms with Crippen molar-refractivity contribution in [1.29, 1.82) is 0 Å². The number of ether oxygens (including phenoxy) is 5. The average Bonchev–Trinajstić information content (AvgIpc) is 3.26. The van der Waals surface area contributed by atoms with Crippen LogP contribution in [-0.2, 0) is 28.5 Å². The maximum atomic E-state index is 14.2. The fourth-order valence-corrected chi connectivity index (χ4v) is 7.31. The molecule has 0 spiro atoms. The van der Waals surface area contributed by atoms with Crippen molar-refractivity contribution in [2.45, 2.75) is 107 Å². The second-order valence-corrected chi connectivity index (χ2v) is 11.5. The third kappa shape index (κ3) is 3.25. The SMILES string of the molecule is CC1OC2CC(O[C@H]3CC[C@H](O)[C@H](C)O3)C1(O)C1=C2C(=O)c2c(O)c3c(c(O)c2C1=O)[C@H](C)OC1CC(=O)OC31. The first-order chi connectivity index (χ1) is 18.9. The number of aromatic hydroxyl groups is 2. The number of phenols is 2. The van der Waals surface area contributed by atoms with E-state index < -0.39 is 101 Å². The van der Waals surface area contributed by atoms with Crippen molar-refractivity contribution in [2.75, 3.05) is 0 Å². The summed E-state index contributed by atoms with van der Waals surface area (Å²) < 4.78 is 29.1. The summed E-state index contributed by atoms with van der Waals surface area (Å²) in [6, 6.07) is 0. The van der Waals surface area contributed by atoms with Crippen LogP contribution in [-0.4, -0.2) is 86.5 Å². The molecule has 10 atom stereocenters. The van der Waals surface area contributed by atoms with Crippen LogP contribution in [0.3, 0.4) is 0 Å². The lowest BCUT2D eigenvalue weighted by Gasteiger charge is -2.54. The van der Waals surface area contributed by atoms with E-state index in [1.165, 1.54) is 0 Å². The van der Waals surface area contributed by atoms with E-state index in [1.54, 1.807) is 20.8 Å². The Hall–Kier alpha value is -2.87. The van der Waals surface area contributed by atoms with Crippen molar-refractivity contribution in [2.24, 2.45) is 0 Å². The molecule has 2 aliphatic carbocycles. The monoisotopic (exact) mass is 558 g/mol.